The fourth-order valence-corrected chi connectivity index (χ4v) is 6.81. The normalized spacial score (nSPS) is 13.1. The Kier molecular flexibility index (Phi) is 8.39. The maximum atomic E-state index is 14.9. The first kappa shape index (κ1) is 31.7. The van der Waals surface area contributed by atoms with E-state index in [0.717, 1.165) is 45.2 Å². The highest BCUT2D eigenvalue weighted by Crippen LogP contribution is 2.39. The first-order valence-electron chi connectivity index (χ1n) is 15.1. The molecule has 1 aliphatic rings. The Morgan fingerprint density at radius 3 is 1.80 bits per heavy atom. The van der Waals surface area contributed by atoms with E-state index in [4.69, 9.17) is 0 Å². The lowest BCUT2D eigenvalue weighted by Crippen LogP contribution is -2.31. The summed E-state index contributed by atoms with van der Waals surface area (Å²) in [5.74, 6) is -6.27. The summed E-state index contributed by atoms with van der Waals surface area (Å²) in [5.41, 5.74) is 1.05. The van der Waals surface area contributed by atoms with Crippen LogP contribution in [0.15, 0.2) is 115 Å². The molecule has 0 saturated heterocycles. The largest absolute Gasteiger partial charge is 0.348 e. The molecule has 3 amide bonds. The number of carbonyl (C=O) groups is 3. The predicted octanol–water partition coefficient (Wildman–Crippen LogP) is 8.53. The van der Waals surface area contributed by atoms with E-state index in [1.54, 1.807) is 23.5 Å². The Morgan fingerprint density at radius 1 is 0.653 bits per heavy atom. The van der Waals surface area contributed by atoms with Crippen LogP contribution in [0.5, 0.6) is 0 Å². The molecular weight excluding hydrogens is 652 g/mol. The topological polar surface area (TPSA) is 66.5 Å². The average Bonchev–Trinajstić information content (AvgIpc) is 3.63. The lowest BCUT2D eigenvalue weighted by molar-refractivity contribution is -0.136. The molecule has 2 heterocycles. The minimum atomic E-state index is -1.12. The van der Waals surface area contributed by atoms with Gasteiger partial charge >= 0.3 is 0 Å². The molecule has 1 N–H and O–H groups in total. The Bertz CT molecular complexity index is 2210. The predicted molar refractivity (Wildman–Crippen MR) is 180 cm³/mol. The van der Waals surface area contributed by atoms with Crippen molar-refractivity contribution in [3.63, 3.8) is 0 Å². The van der Waals surface area contributed by atoms with Crippen molar-refractivity contribution in [2.24, 2.45) is 0 Å². The van der Waals surface area contributed by atoms with E-state index >= 15 is 0 Å². The minimum absolute atomic E-state index is 0.287. The molecule has 0 spiro atoms. The zero-order chi connectivity index (χ0) is 34.2. The van der Waals surface area contributed by atoms with Gasteiger partial charge in [0.2, 0.25) is 0 Å². The fourth-order valence-electron chi connectivity index (χ4n) is 5.74. The van der Waals surface area contributed by atoms with Gasteiger partial charge in [-0.05, 0) is 70.6 Å². The van der Waals surface area contributed by atoms with E-state index in [1.807, 2.05) is 36.4 Å². The molecule has 10 heteroatoms. The molecule has 7 rings (SSSR count). The van der Waals surface area contributed by atoms with Crippen molar-refractivity contribution in [1.29, 1.82) is 0 Å². The molecule has 0 saturated carbocycles. The van der Waals surface area contributed by atoms with Gasteiger partial charge in [-0.2, -0.15) is 0 Å². The van der Waals surface area contributed by atoms with Gasteiger partial charge in [0.25, 0.3) is 17.7 Å². The third kappa shape index (κ3) is 6.26. The highest BCUT2D eigenvalue weighted by atomic mass is 32.1. The van der Waals surface area contributed by atoms with Crippen molar-refractivity contribution in [3.8, 4) is 10.4 Å². The Labute approximate surface area is 281 Å². The second-order valence-corrected chi connectivity index (χ2v) is 12.5. The Hall–Kier alpha value is -5.87. The third-order valence-electron chi connectivity index (χ3n) is 8.24. The molecule has 0 unspecified atom stereocenters. The summed E-state index contributed by atoms with van der Waals surface area (Å²) >= 11 is 1.72. The number of thiophene rings is 1. The maximum absolute atomic E-state index is 14.9. The second-order valence-electron chi connectivity index (χ2n) is 11.4. The quantitative estimate of drug-likeness (QED) is 0.130. The van der Waals surface area contributed by atoms with Gasteiger partial charge in [0.1, 0.15) is 23.3 Å². The van der Waals surface area contributed by atoms with Crippen LogP contribution in [0.25, 0.3) is 31.7 Å². The number of nitrogens with zero attached hydrogens (tertiary/aromatic N) is 1. The molecule has 0 fully saturated rings. The standard InChI is InChI=1S/C39H24F4N2O3S/c40-27-13-15-29(31(42)18-27)35-36(30-16-14-28(41)19-32(30)43)39(48)45(38(35)47)21-23-7-11-25(12-8-23)37(46)44-20-22-5-9-24(10-6-22)34-17-26-3-1-2-4-33(26)49-34/h1-19H,20-21H2,(H,44,46). The summed E-state index contributed by atoms with van der Waals surface area (Å²) in [6.45, 7) is 0.00548. The van der Waals surface area contributed by atoms with Gasteiger partial charge in [-0.1, -0.05) is 54.6 Å². The third-order valence-corrected chi connectivity index (χ3v) is 9.41. The molecule has 1 aromatic heterocycles. The number of carbonyl (C=O) groups excluding carboxylic acids is 3. The molecule has 0 aliphatic carbocycles. The highest BCUT2D eigenvalue weighted by Gasteiger charge is 2.41. The van der Waals surface area contributed by atoms with Crippen LogP contribution in [-0.4, -0.2) is 22.6 Å². The zero-order valence-corrected chi connectivity index (χ0v) is 26.3. The van der Waals surface area contributed by atoms with Crippen LogP contribution >= 0.6 is 11.3 Å². The smallest absolute Gasteiger partial charge is 0.262 e. The van der Waals surface area contributed by atoms with Gasteiger partial charge in [-0.25, -0.2) is 17.6 Å². The molecule has 0 bridgehead atoms. The summed E-state index contributed by atoms with van der Waals surface area (Å²) in [6, 6.07) is 29.4. The maximum Gasteiger partial charge on any atom is 0.262 e. The van der Waals surface area contributed by atoms with Crippen LogP contribution in [0.2, 0.25) is 0 Å². The number of hydrogen-bond acceptors (Lipinski definition) is 4. The minimum Gasteiger partial charge on any atom is -0.348 e. The number of hydrogen-bond donors (Lipinski definition) is 1. The SMILES string of the molecule is O=C(NCc1ccc(-c2cc3ccccc3s2)cc1)c1ccc(CN2C(=O)C(c3ccc(F)cc3F)=C(c3ccc(F)cc3F)C2=O)cc1. The van der Waals surface area contributed by atoms with Crippen molar-refractivity contribution < 1.29 is 31.9 Å². The van der Waals surface area contributed by atoms with E-state index < -0.39 is 57.4 Å². The summed E-state index contributed by atoms with van der Waals surface area (Å²) < 4.78 is 58.3. The highest BCUT2D eigenvalue weighted by molar-refractivity contribution is 7.22. The van der Waals surface area contributed by atoms with Gasteiger partial charge < -0.3 is 5.32 Å². The van der Waals surface area contributed by atoms with Crippen molar-refractivity contribution in [2.75, 3.05) is 0 Å². The number of fused-ring (bicyclic) bond motifs is 1. The van der Waals surface area contributed by atoms with Gasteiger partial charge in [-0.3, -0.25) is 19.3 Å². The molecule has 0 atom stereocenters. The molecule has 0 radical (unpaired) electrons. The van der Waals surface area contributed by atoms with Crippen molar-refractivity contribution in [1.82, 2.24) is 10.2 Å². The van der Waals surface area contributed by atoms with Crippen molar-refractivity contribution in [2.45, 2.75) is 13.1 Å². The van der Waals surface area contributed by atoms with Gasteiger partial charge in [-0.15, -0.1) is 11.3 Å². The number of amides is 3. The molecule has 5 aromatic carbocycles. The zero-order valence-electron chi connectivity index (χ0n) is 25.5. The van der Waals surface area contributed by atoms with Crippen LogP contribution in [-0.2, 0) is 22.7 Å². The van der Waals surface area contributed by atoms with Crippen LogP contribution in [0.1, 0.15) is 32.6 Å². The number of rotatable bonds is 8. The lowest BCUT2D eigenvalue weighted by Gasteiger charge is -2.16. The average molecular weight is 677 g/mol. The lowest BCUT2D eigenvalue weighted by atomic mass is 9.95. The van der Waals surface area contributed by atoms with E-state index in [-0.39, 0.29) is 12.5 Å². The van der Waals surface area contributed by atoms with E-state index in [1.165, 1.54) is 22.2 Å². The monoisotopic (exact) mass is 676 g/mol. The van der Waals surface area contributed by atoms with Gasteiger partial charge in [0.15, 0.2) is 0 Å². The number of nitrogens with one attached hydrogen (secondary N) is 1. The molecule has 1 aliphatic heterocycles. The van der Waals surface area contributed by atoms with Crippen LogP contribution in [0.3, 0.4) is 0 Å². The fraction of sp³-hybridized carbons (Fsp3) is 0.0513. The molecule has 5 nitrogen and oxygen atoms in total. The van der Waals surface area contributed by atoms with E-state index in [9.17, 15) is 31.9 Å². The van der Waals surface area contributed by atoms with Gasteiger partial charge in [0.05, 0.1) is 17.7 Å². The summed E-state index contributed by atoms with van der Waals surface area (Å²) in [5, 5.41) is 4.07. The van der Waals surface area contributed by atoms with E-state index in [2.05, 4.69) is 23.5 Å². The molecule has 242 valence electrons. The molecule has 6 aromatic rings. The van der Waals surface area contributed by atoms with Crippen LogP contribution < -0.4 is 5.32 Å². The number of benzene rings is 5. The number of halogens is 4. The Balaban J connectivity index is 1.05. The second kappa shape index (κ2) is 13.0. The van der Waals surface area contributed by atoms with Crippen LogP contribution in [0, 0.1) is 23.3 Å². The van der Waals surface area contributed by atoms with Crippen molar-refractivity contribution >= 4 is 50.3 Å². The first-order chi connectivity index (χ1) is 23.7. The van der Waals surface area contributed by atoms with Gasteiger partial charge in [0, 0.05) is 44.9 Å². The summed E-state index contributed by atoms with van der Waals surface area (Å²) in [7, 11) is 0. The number of imide groups is 1. The summed E-state index contributed by atoms with van der Waals surface area (Å²) in [4.78, 5) is 42.0. The van der Waals surface area contributed by atoms with E-state index in [0.29, 0.717) is 29.8 Å². The molecule has 49 heavy (non-hydrogen) atoms. The first-order valence-corrected chi connectivity index (χ1v) is 15.9. The van der Waals surface area contributed by atoms with Crippen molar-refractivity contribution in [3.05, 3.63) is 166 Å². The summed E-state index contributed by atoms with van der Waals surface area (Å²) in [6.07, 6.45) is 0. The Morgan fingerprint density at radius 2 is 1.22 bits per heavy atom. The molecular formula is C39H24F4N2O3S. The van der Waals surface area contributed by atoms with Crippen LogP contribution in [0.4, 0.5) is 17.6 Å².